The Kier molecular flexibility index (Phi) is 5.20. The van der Waals surface area contributed by atoms with Gasteiger partial charge in [0.2, 0.25) is 5.91 Å². The third-order valence-electron chi connectivity index (χ3n) is 5.65. The third kappa shape index (κ3) is 3.44. The van der Waals surface area contributed by atoms with Crippen molar-refractivity contribution in [3.05, 3.63) is 65.7 Å². The van der Waals surface area contributed by atoms with E-state index in [4.69, 9.17) is 9.47 Å². The molecule has 29 heavy (non-hydrogen) atoms. The van der Waals surface area contributed by atoms with E-state index in [1.807, 2.05) is 19.9 Å². The maximum Gasteiger partial charge on any atom is 0.338 e. The minimum Gasteiger partial charge on any atom is -0.454 e. The lowest BCUT2D eigenvalue weighted by atomic mass is 9.95. The number of amides is 1. The molecule has 6 nitrogen and oxygen atoms in total. The fourth-order valence-electron chi connectivity index (χ4n) is 4.11. The molecular weight excluding hydrogens is 370 g/mol. The number of carbonyl (C=O) groups excluding carboxylic acids is 3. The molecule has 4 rings (SSSR count). The molecule has 1 saturated heterocycles. The van der Waals surface area contributed by atoms with Crippen LogP contribution >= 0.6 is 0 Å². The van der Waals surface area contributed by atoms with Crippen LogP contribution in [0.4, 0.5) is 5.69 Å². The highest BCUT2D eigenvalue weighted by Gasteiger charge is 2.50. The highest BCUT2D eigenvalue weighted by molar-refractivity contribution is 6.19. The molecule has 6 heteroatoms. The average Bonchev–Trinajstić information content (AvgIpc) is 3.04. The fraction of sp³-hybridized carbons (Fsp3) is 0.348. The zero-order chi connectivity index (χ0) is 20.5. The fourth-order valence-corrected chi connectivity index (χ4v) is 4.11. The van der Waals surface area contributed by atoms with Crippen molar-refractivity contribution in [1.29, 1.82) is 0 Å². The Bertz CT molecular complexity index is 941. The smallest absolute Gasteiger partial charge is 0.338 e. The van der Waals surface area contributed by atoms with Gasteiger partial charge in [0, 0.05) is 11.5 Å². The van der Waals surface area contributed by atoms with E-state index < -0.39 is 18.3 Å². The second kappa shape index (κ2) is 7.79. The molecule has 1 amide bonds. The first-order valence-corrected chi connectivity index (χ1v) is 9.87. The van der Waals surface area contributed by atoms with Crippen LogP contribution in [0.1, 0.15) is 47.4 Å². The summed E-state index contributed by atoms with van der Waals surface area (Å²) >= 11 is 0. The second-order valence-electron chi connectivity index (χ2n) is 7.45. The van der Waals surface area contributed by atoms with Crippen molar-refractivity contribution in [1.82, 2.24) is 0 Å². The predicted molar refractivity (Wildman–Crippen MR) is 107 cm³/mol. The second-order valence-corrected chi connectivity index (χ2v) is 7.45. The summed E-state index contributed by atoms with van der Waals surface area (Å²) in [6, 6.07) is 15.7. The normalized spacial score (nSPS) is 26.3. The summed E-state index contributed by atoms with van der Waals surface area (Å²) in [6.07, 6.45) is -1.07. The number of hydrogen-bond donors (Lipinski definition) is 0. The molecule has 2 aliphatic heterocycles. The summed E-state index contributed by atoms with van der Waals surface area (Å²) in [5.74, 6) is -1.11. The number of Topliss-reactive ketones (excluding diaryl/α,β-unsaturated/α-hetero) is 1. The van der Waals surface area contributed by atoms with Crippen molar-refractivity contribution >= 4 is 23.3 Å². The lowest BCUT2D eigenvalue weighted by Gasteiger charge is -2.35. The van der Waals surface area contributed by atoms with E-state index in [9.17, 15) is 14.4 Å². The number of hydrogen-bond acceptors (Lipinski definition) is 5. The number of nitrogens with zero attached hydrogens (tertiary/aromatic N) is 1. The molecule has 2 unspecified atom stereocenters. The molecule has 0 aromatic heterocycles. The van der Waals surface area contributed by atoms with Crippen LogP contribution < -0.4 is 4.90 Å². The Balaban J connectivity index is 1.69. The first kappa shape index (κ1) is 19.3. The van der Waals surface area contributed by atoms with Crippen molar-refractivity contribution in [2.45, 2.75) is 45.1 Å². The molecule has 0 bridgehead atoms. The van der Waals surface area contributed by atoms with Gasteiger partial charge in [-0.2, -0.15) is 0 Å². The molecule has 4 atom stereocenters. The summed E-state index contributed by atoms with van der Waals surface area (Å²) in [5, 5.41) is 0. The van der Waals surface area contributed by atoms with Crippen LogP contribution in [0.15, 0.2) is 54.6 Å². The molecule has 1 fully saturated rings. The first-order chi connectivity index (χ1) is 14.0. The lowest BCUT2D eigenvalue weighted by Crippen LogP contribution is -2.51. The predicted octanol–water partition coefficient (Wildman–Crippen LogP) is 3.60. The van der Waals surface area contributed by atoms with Crippen LogP contribution in [0.3, 0.4) is 0 Å². The van der Waals surface area contributed by atoms with Gasteiger partial charge in [-0.25, -0.2) is 4.79 Å². The summed E-state index contributed by atoms with van der Waals surface area (Å²) in [7, 11) is 0. The largest absolute Gasteiger partial charge is 0.454 e. The zero-order valence-corrected chi connectivity index (χ0v) is 16.4. The lowest BCUT2D eigenvalue weighted by molar-refractivity contribution is -0.122. The van der Waals surface area contributed by atoms with E-state index in [2.05, 4.69) is 0 Å². The van der Waals surface area contributed by atoms with Gasteiger partial charge in [-0.3, -0.25) is 14.5 Å². The molecule has 2 aliphatic rings. The van der Waals surface area contributed by atoms with Gasteiger partial charge in [-0.15, -0.1) is 0 Å². The minimum atomic E-state index is -0.774. The van der Waals surface area contributed by atoms with Gasteiger partial charge in [-0.05, 0) is 30.7 Å². The average molecular weight is 393 g/mol. The third-order valence-corrected chi connectivity index (χ3v) is 5.65. The number of anilines is 1. The van der Waals surface area contributed by atoms with Crippen LogP contribution in [0.25, 0.3) is 0 Å². The van der Waals surface area contributed by atoms with Crippen molar-refractivity contribution in [3.8, 4) is 0 Å². The minimum absolute atomic E-state index is 0.102. The Morgan fingerprint density at radius 3 is 2.52 bits per heavy atom. The molecule has 0 radical (unpaired) electrons. The molecule has 0 N–H and O–H groups in total. The Morgan fingerprint density at radius 2 is 1.79 bits per heavy atom. The highest BCUT2D eigenvalue weighted by atomic mass is 16.6. The topological polar surface area (TPSA) is 72.9 Å². The molecule has 0 saturated carbocycles. The Morgan fingerprint density at radius 1 is 1.10 bits per heavy atom. The summed E-state index contributed by atoms with van der Waals surface area (Å²) in [4.78, 5) is 39.4. The van der Waals surface area contributed by atoms with Crippen LogP contribution in [0, 0.1) is 5.92 Å². The van der Waals surface area contributed by atoms with E-state index in [1.165, 1.54) is 4.90 Å². The molecule has 2 aromatic rings. The van der Waals surface area contributed by atoms with Crippen molar-refractivity contribution in [3.63, 3.8) is 0 Å². The van der Waals surface area contributed by atoms with E-state index in [0.29, 0.717) is 16.8 Å². The number of rotatable bonds is 4. The molecule has 0 aliphatic carbocycles. The van der Waals surface area contributed by atoms with Gasteiger partial charge in [-0.1, -0.05) is 44.2 Å². The van der Waals surface area contributed by atoms with Gasteiger partial charge < -0.3 is 9.47 Å². The Labute approximate surface area is 169 Å². The number of fused-ring (bicyclic) bond motifs is 1. The maximum absolute atomic E-state index is 12.8. The number of ketones is 1. The molecule has 0 spiro atoms. The van der Waals surface area contributed by atoms with E-state index in [1.54, 1.807) is 48.5 Å². The number of para-hydroxylation sites is 1. The van der Waals surface area contributed by atoms with Gasteiger partial charge >= 0.3 is 5.97 Å². The van der Waals surface area contributed by atoms with Gasteiger partial charge in [0.25, 0.3) is 0 Å². The van der Waals surface area contributed by atoms with Gasteiger partial charge in [0.15, 0.2) is 18.1 Å². The van der Waals surface area contributed by atoms with Gasteiger partial charge in [0.05, 0.1) is 23.8 Å². The summed E-state index contributed by atoms with van der Waals surface area (Å²) in [6.45, 7) is 3.96. The zero-order valence-electron chi connectivity index (χ0n) is 16.4. The van der Waals surface area contributed by atoms with E-state index in [-0.39, 0.29) is 30.1 Å². The molecular formula is C23H23NO5. The first-order valence-electron chi connectivity index (χ1n) is 9.87. The molecule has 2 heterocycles. The number of benzene rings is 2. The van der Waals surface area contributed by atoms with Gasteiger partial charge in [0.1, 0.15) is 0 Å². The number of ether oxygens (including phenoxy) is 2. The highest BCUT2D eigenvalue weighted by Crippen LogP contribution is 2.38. The summed E-state index contributed by atoms with van der Waals surface area (Å²) < 4.78 is 12.0. The molecule has 2 aromatic carbocycles. The summed E-state index contributed by atoms with van der Waals surface area (Å²) in [5.41, 5.74) is 1.43. The molecule has 150 valence electrons. The Hall–Kier alpha value is -2.99. The van der Waals surface area contributed by atoms with E-state index >= 15 is 0 Å². The van der Waals surface area contributed by atoms with Crippen LogP contribution in [0.2, 0.25) is 0 Å². The maximum atomic E-state index is 12.8. The van der Waals surface area contributed by atoms with Crippen LogP contribution in [-0.4, -0.2) is 36.1 Å². The standard InChI is InChI=1S/C23H23NO5/c1-3-19-14(2)21(29-23(27)15-9-5-4-6-10-15)22(28-19)24-17-12-8-7-11-16(17)18(25)13-20(24)26/h4-12,14,19,21-22H,3,13H2,1-2H3/t14?,19-,21?,22-/m1/s1. The van der Waals surface area contributed by atoms with E-state index in [0.717, 1.165) is 6.42 Å². The number of carbonyl (C=O) groups is 3. The van der Waals surface area contributed by atoms with Crippen LogP contribution in [-0.2, 0) is 14.3 Å². The SMILES string of the molecule is CC[C@H]1O[C@@H](N2C(=O)CC(=O)c3ccccc32)C(OC(=O)c2ccccc2)C1C. The van der Waals surface area contributed by atoms with Crippen LogP contribution in [0.5, 0.6) is 0 Å². The van der Waals surface area contributed by atoms with Crippen molar-refractivity contribution in [2.75, 3.05) is 4.90 Å². The van der Waals surface area contributed by atoms with Crippen molar-refractivity contribution < 1.29 is 23.9 Å². The van der Waals surface area contributed by atoms with Crippen molar-refractivity contribution in [2.24, 2.45) is 5.92 Å². The number of esters is 1. The quantitative estimate of drug-likeness (QED) is 0.586. The monoisotopic (exact) mass is 393 g/mol.